The Hall–Kier alpha value is -7.93. The maximum atomic E-state index is 5.06. The molecule has 0 saturated carbocycles. The van der Waals surface area contributed by atoms with Gasteiger partial charge in [0.25, 0.3) is 0 Å². The van der Waals surface area contributed by atoms with Gasteiger partial charge in [-0.15, -0.1) is 11.3 Å². The van der Waals surface area contributed by atoms with Gasteiger partial charge in [0.1, 0.15) is 0 Å². The van der Waals surface area contributed by atoms with Crippen LogP contribution in [0.1, 0.15) is 0 Å². The first kappa shape index (κ1) is 36.2. The third kappa shape index (κ3) is 7.05. The summed E-state index contributed by atoms with van der Waals surface area (Å²) in [5, 5.41) is 2.50. The van der Waals surface area contributed by atoms with Crippen molar-refractivity contribution >= 4 is 31.5 Å². The Morgan fingerprint density at radius 2 is 0.557 bits per heavy atom. The molecule has 5 nitrogen and oxygen atoms in total. The number of rotatable bonds is 8. The molecule has 8 aromatic carbocycles. The van der Waals surface area contributed by atoms with E-state index in [1.54, 1.807) is 0 Å². The van der Waals surface area contributed by atoms with Crippen LogP contribution in [-0.4, -0.2) is 24.9 Å². The molecule has 0 aliphatic heterocycles. The molecule has 0 fully saturated rings. The third-order valence-electron chi connectivity index (χ3n) is 11.0. The lowest BCUT2D eigenvalue weighted by Crippen LogP contribution is -2.00. The maximum absolute atomic E-state index is 5.06. The Morgan fingerprint density at radius 1 is 0.246 bits per heavy atom. The van der Waals surface area contributed by atoms with Crippen molar-refractivity contribution in [3.63, 3.8) is 0 Å². The molecule has 0 aliphatic carbocycles. The predicted molar refractivity (Wildman–Crippen MR) is 252 cm³/mol. The summed E-state index contributed by atoms with van der Waals surface area (Å²) in [7, 11) is 0. The van der Waals surface area contributed by atoms with Crippen molar-refractivity contribution in [2.24, 2.45) is 0 Å². The Kier molecular flexibility index (Phi) is 9.30. The molecule has 0 N–H and O–H groups in total. The molecule has 0 atom stereocenters. The molecule has 11 aromatic rings. The van der Waals surface area contributed by atoms with E-state index < -0.39 is 0 Å². The fraction of sp³-hybridized carbons (Fsp3) is 0. The molecule has 0 aliphatic rings. The van der Waals surface area contributed by atoms with E-state index in [4.69, 9.17) is 24.9 Å². The van der Waals surface area contributed by atoms with Gasteiger partial charge in [0, 0.05) is 53.6 Å². The summed E-state index contributed by atoms with van der Waals surface area (Å²) < 4.78 is 2.52. The minimum absolute atomic E-state index is 0.641. The molecule has 3 heterocycles. The summed E-state index contributed by atoms with van der Waals surface area (Å²) in [5.41, 5.74) is 12.4. The molecule has 286 valence electrons. The monoisotopic (exact) mass is 797 g/mol. The second kappa shape index (κ2) is 15.7. The highest BCUT2D eigenvalue weighted by Gasteiger charge is 2.17. The number of thiophene rings is 1. The van der Waals surface area contributed by atoms with Crippen molar-refractivity contribution in [2.45, 2.75) is 0 Å². The van der Waals surface area contributed by atoms with Gasteiger partial charge < -0.3 is 0 Å². The highest BCUT2D eigenvalue weighted by molar-refractivity contribution is 7.26. The summed E-state index contributed by atoms with van der Waals surface area (Å²) >= 11 is 1.85. The molecular formula is C55H35N5S. The maximum Gasteiger partial charge on any atom is 0.164 e. The number of aromatic nitrogens is 5. The van der Waals surface area contributed by atoms with Gasteiger partial charge in [-0.2, -0.15) is 0 Å². The SMILES string of the molecule is c1ccc(-c2cc(-c3ccccc3)nc(-c3ccc(-c4cccc5c4sc4c(-c6ccc(-c7nc(-c8ccccc8)nc(-c8ccccc8)n7)cc6)cccc45)cc3)n2)cc1. The highest BCUT2D eigenvalue weighted by Crippen LogP contribution is 2.44. The van der Waals surface area contributed by atoms with Gasteiger partial charge in [0.05, 0.1) is 11.4 Å². The van der Waals surface area contributed by atoms with Crippen LogP contribution in [0.4, 0.5) is 0 Å². The predicted octanol–water partition coefficient (Wildman–Crippen LogP) is 14.4. The smallest absolute Gasteiger partial charge is 0.164 e. The second-order valence-corrected chi connectivity index (χ2v) is 15.9. The minimum Gasteiger partial charge on any atom is -0.228 e. The van der Waals surface area contributed by atoms with Crippen LogP contribution in [-0.2, 0) is 0 Å². The Labute approximate surface area is 357 Å². The van der Waals surface area contributed by atoms with E-state index in [1.807, 2.05) is 108 Å². The van der Waals surface area contributed by atoms with E-state index >= 15 is 0 Å². The molecule has 61 heavy (non-hydrogen) atoms. The van der Waals surface area contributed by atoms with Gasteiger partial charge in [-0.25, -0.2) is 24.9 Å². The molecule has 0 saturated heterocycles. The molecule has 0 radical (unpaired) electrons. The zero-order valence-electron chi connectivity index (χ0n) is 32.9. The number of hydrogen-bond acceptors (Lipinski definition) is 6. The summed E-state index contributed by atoms with van der Waals surface area (Å²) in [4.78, 5) is 24.9. The fourth-order valence-electron chi connectivity index (χ4n) is 7.90. The molecule has 11 rings (SSSR count). The van der Waals surface area contributed by atoms with Gasteiger partial charge in [-0.1, -0.05) is 206 Å². The summed E-state index contributed by atoms with van der Waals surface area (Å²) in [5.74, 6) is 2.64. The van der Waals surface area contributed by atoms with Gasteiger partial charge in [0.2, 0.25) is 0 Å². The van der Waals surface area contributed by atoms with Crippen LogP contribution < -0.4 is 0 Å². The fourth-order valence-corrected chi connectivity index (χ4v) is 9.27. The Morgan fingerprint density at radius 3 is 0.934 bits per heavy atom. The van der Waals surface area contributed by atoms with Gasteiger partial charge >= 0.3 is 0 Å². The summed E-state index contributed by atoms with van der Waals surface area (Å²) in [6, 6.07) is 73.4. The first-order chi connectivity index (χ1) is 30.2. The molecule has 3 aromatic heterocycles. The molecule has 0 amide bonds. The van der Waals surface area contributed by atoms with E-state index in [0.29, 0.717) is 23.3 Å². The van der Waals surface area contributed by atoms with Crippen molar-refractivity contribution in [1.29, 1.82) is 0 Å². The van der Waals surface area contributed by atoms with Crippen molar-refractivity contribution in [3.05, 3.63) is 212 Å². The van der Waals surface area contributed by atoms with Crippen LogP contribution in [0.15, 0.2) is 212 Å². The quantitative estimate of drug-likeness (QED) is 0.153. The lowest BCUT2D eigenvalue weighted by atomic mass is 9.99. The van der Waals surface area contributed by atoms with E-state index in [0.717, 1.165) is 55.9 Å². The van der Waals surface area contributed by atoms with Crippen LogP contribution >= 0.6 is 11.3 Å². The van der Waals surface area contributed by atoms with E-state index in [-0.39, 0.29) is 0 Å². The Balaban J connectivity index is 0.941. The number of nitrogens with zero attached hydrogens (tertiary/aromatic N) is 5. The standard InChI is InChI=1S/C55H35N5S/c1-5-15-38(16-6-1)48-35-49(39-17-7-2-8-18-39)57-52(56-48)42-31-27-36(28-32-42)44-23-13-25-46-47-26-14-24-45(51(47)61-50(44)46)37-29-33-43(34-30-37)55-59-53(40-19-9-3-10-20-40)58-54(60-55)41-21-11-4-12-22-41/h1-35H. The zero-order valence-corrected chi connectivity index (χ0v) is 33.7. The average Bonchev–Trinajstić information content (AvgIpc) is 3.74. The van der Waals surface area contributed by atoms with E-state index in [1.165, 1.54) is 31.3 Å². The third-order valence-corrected chi connectivity index (χ3v) is 12.3. The number of fused-ring (bicyclic) bond motifs is 3. The van der Waals surface area contributed by atoms with Crippen LogP contribution in [0.3, 0.4) is 0 Å². The molecule has 0 bridgehead atoms. The largest absolute Gasteiger partial charge is 0.228 e. The van der Waals surface area contributed by atoms with Crippen LogP contribution in [0.25, 0.3) is 110 Å². The topological polar surface area (TPSA) is 64.5 Å². The van der Waals surface area contributed by atoms with E-state index in [9.17, 15) is 0 Å². The number of benzene rings is 8. The lowest BCUT2D eigenvalue weighted by Gasteiger charge is -2.10. The molecular weight excluding hydrogens is 763 g/mol. The van der Waals surface area contributed by atoms with Crippen molar-refractivity contribution < 1.29 is 0 Å². The minimum atomic E-state index is 0.641. The zero-order chi connectivity index (χ0) is 40.5. The van der Waals surface area contributed by atoms with E-state index in [2.05, 4.69) is 115 Å². The van der Waals surface area contributed by atoms with Gasteiger partial charge in [-0.3, -0.25) is 0 Å². The average molecular weight is 798 g/mol. The molecule has 6 heteroatoms. The lowest BCUT2D eigenvalue weighted by molar-refractivity contribution is 1.07. The normalized spacial score (nSPS) is 11.3. The molecule has 0 unspecified atom stereocenters. The first-order valence-corrected chi connectivity index (χ1v) is 21.1. The van der Waals surface area contributed by atoms with Crippen LogP contribution in [0, 0.1) is 0 Å². The van der Waals surface area contributed by atoms with Gasteiger partial charge in [0.15, 0.2) is 23.3 Å². The first-order valence-electron chi connectivity index (χ1n) is 20.2. The summed E-state index contributed by atoms with van der Waals surface area (Å²) in [6.07, 6.45) is 0. The Bertz CT molecular complexity index is 2980. The van der Waals surface area contributed by atoms with Crippen molar-refractivity contribution in [3.8, 4) is 90.3 Å². The van der Waals surface area contributed by atoms with Gasteiger partial charge in [-0.05, 0) is 28.3 Å². The van der Waals surface area contributed by atoms with Crippen LogP contribution in [0.5, 0.6) is 0 Å². The van der Waals surface area contributed by atoms with Crippen molar-refractivity contribution in [2.75, 3.05) is 0 Å². The van der Waals surface area contributed by atoms with Crippen LogP contribution in [0.2, 0.25) is 0 Å². The molecule has 0 spiro atoms. The van der Waals surface area contributed by atoms with Crippen molar-refractivity contribution in [1.82, 2.24) is 24.9 Å². The number of hydrogen-bond donors (Lipinski definition) is 0. The highest BCUT2D eigenvalue weighted by atomic mass is 32.1. The second-order valence-electron chi connectivity index (χ2n) is 14.9. The summed E-state index contributed by atoms with van der Waals surface area (Å²) in [6.45, 7) is 0.